The van der Waals surface area contributed by atoms with Crippen LogP contribution in [0.25, 0.3) is 0 Å². The van der Waals surface area contributed by atoms with E-state index in [1.807, 2.05) is 72.8 Å². The molecule has 0 bridgehead atoms. The average Bonchev–Trinajstić information content (AvgIpc) is 2.78. The maximum atomic E-state index is 13.0. The third-order valence-corrected chi connectivity index (χ3v) is 4.40. The summed E-state index contributed by atoms with van der Waals surface area (Å²) in [4.78, 5) is 26.3. The fourth-order valence-electron chi connectivity index (χ4n) is 2.83. The van der Waals surface area contributed by atoms with E-state index in [-0.39, 0.29) is 12.5 Å². The number of carbonyl (C=O) groups is 2. The molecule has 5 heteroatoms. The molecule has 0 saturated carbocycles. The third-order valence-electron chi connectivity index (χ3n) is 4.40. The quantitative estimate of drug-likeness (QED) is 0.545. The number of carbonyl (C=O) groups excluding carboxylic acids is 2. The zero-order valence-corrected chi connectivity index (χ0v) is 16.3. The summed E-state index contributed by atoms with van der Waals surface area (Å²) in [5.41, 5.74) is 2.40. The minimum Gasteiger partial charge on any atom is -0.489 e. The van der Waals surface area contributed by atoms with Gasteiger partial charge in [0.05, 0.1) is 7.11 Å². The summed E-state index contributed by atoms with van der Waals surface area (Å²) in [6, 6.07) is 26.3. The molecule has 0 aromatic heterocycles. The van der Waals surface area contributed by atoms with Crippen molar-refractivity contribution >= 4 is 11.9 Å². The van der Waals surface area contributed by atoms with E-state index in [1.165, 1.54) is 12.0 Å². The molecule has 3 rings (SSSR count). The largest absolute Gasteiger partial charge is 0.489 e. The molecule has 0 aliphatic rings. The van der Waals surface area contributed by atoms with Crippen molar-refractivity contribution in [2.45, 2.75) is 13.2 Å². The number of amides is 1. The highest BCUT2D eigenvalue weighted by atomic mass is 16.5. The topological polar surface area (TPSA) is 55.8 Å². The molecule has 0 fully saturated rings. The summed E-state index contributed by atoms with van der Waals surface area (Å²) in [6.07, 6.45) is 0. The van der Waals surface area contributed by atoms with Crippen molar-refractivity contribution in [2.24, 2.45) is 0 Å². The molecular formula is C24H23NO4. The summed E-state index contributed by atoms with van der Waals surface area (Å²) < 4.78 is 10.5. The normalized spacial score (nSPS) is 10.2. The SMILES string of the molecule is COC(=O)CN(Cc1ccccc1)C(=O)c1ccc(COc2ccccc2)cc1. The second kappa shape index (κ2) is 10.1. The van der Waals surface area contributed by atoms with Crippen LogP contribution in [-0.4, -0.2) is 30.4 Å². The number of benzene rings is 3. The van der Waals surface area contributed by atoms with Gasteiger partial charge in [-0.25, -0.2) is 0 Å². The van der Waals surface area contributed by atoms with Gasteiger partial charge < -0.3 is 14.4 Å². The first kappa shape index (κ1) is 20.1. The molecule has 3 aromatic carbocycles. The van der Waals surface area contributed by atoms with Gasteiger partial charge in [0.2, 0.25) is 0 Å². The molecule has 29 heavy (non-hydrogen) atoms. The Hall–Kier alpha value is -3.60. The number of esters is 1. The van der Waals surface area contributed by atoms with Gasteiger partial charge in [0.15, 0.2) is 0 Å². The van der Waals surface area contributed by atoms with Crippen molar-refractivity contribution in [3.8, 4) is 5.75 Å². The molecule has 148 valence electrons. The van der Waals surface area contributed by atoms with Crippen LogP contribution in [0.4, 0.5) is 0 Å². The summed E-state index contributed by atoms with van der Waals surface area (Å²) >= 11 is 0. The van der Waals surface area contributed by atoms with Crippen molar-refractivity contribution in [3.63, 3.8) is 0 Å². The van der Waals surface area contributed by atoms with E-state index >= 15 is 0 Å². The molecule has 0 radical (unpaired) electrons. The van der Waals surface area contributed by atoms with E-state index in [9.17, 15) is 9.59 Å². The van der Waals surface area contributed by atoms with Gasteiger partial charge >= 0.3 is 5.97 Å². The van der Waals surface area contributed by atoms with Gasteiger partial charge in [0, 0.05) is 12.1 Å². The average molecular weight is 389 g/mol. The Labute approximate surface area is 170 Å². The lowest BCUT2D eigenvalue weighted by Crippen LogP contribution is -2.35. The Morgan fingerprint density at radius 1 is 0.793 bits per heavy atom. The van der Waals surface area contributed by atoms with Crippen molar-refractivity contribution < 1.29 is 19.1 Å². The minimum absolute atomic E-state index is 0.108. The predicted molar refractivity (Wildman–Crippen MR) is 110 cm³/mol. The lowest BCUT2D eigenvalue weighted by atomic mass is 10.1. The van der Waals surface area contributed by atoms with Crippen molar-refractivity contribution in [3.05, 3.63) is 102 Å². The molecular weight excluding hydrogens is 366 g/mol. The fourth-order valence-corrected chi connectivity index (χ4v) is 2.83. The Morgan fingerprint density at radius 2 is 1.41 bits per heavy atom. The minimum atomic E-state index is -0.456. The molecule has 0 saturated heterocycles. The van der Waals surface area contributed by atoms with Crippen LogP contribution in [0.15, 0.2) is 84.9 Å². The van der Waals surface area contributed by atoms with Crippen molar-refractivity contribution in [1.29, 1.82) is 0 Å². The van der Waals surface area contributed by atoms with Crippen molar-refractivity contribution in [2.75, 3.05) is 13.7 Å². The van der Waals surface area contributed by atoms with E-state index in [4.69, 9.17) is 9.47 Å². The molecule has 0 spiro atoms. The van der Waals surface area contributed by atoms with Gasteiger partial charge in [-0.2, -0.15) is 0 Å². The van der Waals surface area contributed by atoms with Crippen LogP contribution < -0.4 is 4.74 Å². The number of hydrogen-bond donors (Lipinski definition) is 0. The second-order valence-corrected chi connectivity index (χ2v) is 6.52. The molecule has 0 atom stereocenters. The van der Waals surface area contributed by atoms with E-state index < -0.39 is 5.97 Å². The van der Waals surface area contributed by atoms with Gasteiger partial charge in [-0.3, -0.25) is 9.59 Å². The van der Waals surface area contributed by atoms with Crippen LogP contribution in [0.2, 0.25) is 0 Å². The summed E-state index contributed by atoms with van der Waals surface area (Å²) in [5, 5.41) is 0. The number of ether oxygens (including phenoxy) is 2. The number of nitrogens with zero attached hydrogens (tertiary/aromatic N) is 1. The number of rotatable bonds is 8. The Morgan fingerprint density at radius 3 is 2.03 bits per heavy atom. The van der Waals surface area contributed by atoms with Crippen LogP contribution in [0.3, 0.4) is 0 Å². The fraction of sp³-hybridized carbons (Fsp3) is 0.167. The van der Waals surface area contributed by atoms with Crippen LogP contribution in [0.1, 0.15) is 21.5 Å². The number of methoxy groups -OCH3 is 1. The van der Waals surface area contributed by atoms with Crippen molar-refractivity contribution in [1.82, 2.24) is 4.90 Å². The number of hydrogen-bond acceptors (Lipinski definition) is 4. The maximum Gasteiger partial charge on any atom is 0.325 e. The second-order valence-electron chi connectivity index (χ2n) is 6.52. The third kappa shape index (κ3) is 5.94. The zero-order chi connectivity index (χ0) is 20.5. The number of para-hydroxylation sites is 1. The Kier molecular flexibility index (Phi) is 7.00. The van der Waals surface area contributed by atoms with Crippen LogP contribution >= 0.6 is 0 Å². The highest BCUT2D eigenvalue weighted by molar-refractivity contribution is 5.96. The van der Waals surface area contributed by atoms with E-state index in [1.54, 1.807) is 12.1 Å². The maximum absolute atomic E-state index is 13.0. The van der Waals surface area contributed by atoms with E-state index in [0.717, 1.165) is 16.9 Å². The van der Waals surface area contributed by atoms with Gasteiger partial charge in [-0.15, -0.1) is 0 Å². The molecule has 0 aliphatic heterocycles. The standard InChI is InChI=1S/C24H23NO4/c1-28-23(26)17-25(16-19-8-4-2-5-9-19)24(27)21-14-12-20(13-15-21)18-29-22-10-6-3-7-11-22/h2-15H,16-18H2,1H3. The summed E-state index contributed by atoms with van der Waals surface area (Å²) in [6.45, 7) is 0.630. The summed E-state index contributed by atoms with van der Waals surface area (Å²) in [5.74, 6) is 0.108. The highest BCUT2D eigenvalue weighted by Gasteiger charge is 2.19. The van der Waals surface area contributed by atoms with E-state index in [2.05, 4.69) is 0 Å². The van der Waals surface area contributed by atoms with Gasteiger partial charge in [-0.1, -0.05) is 60.7 Å². The molecule has 0 aliphatic carbocycles. The molecule has 3 aromatic rings. The lowest BCUT2D eigenvalue weighted by Gasteiger charge is -2.22. The smallest absolute Gasteiger partial charge is 0.325 e. The molecule has 0 heterocycles. The molecule has 5 nitrogen and oxygen atoms in total. The van der Waals surface area contributed by atoms with Gasteiger partial charge in [-0.05, 0) is 35.4 Å². The first-order valence-corrected chi connectivity index (χ1v) is 9.32. The van der Waals surface area contributed by atoms with Crippen LogP contribution in [-0.2, 0) is 22.7 Å². The highest BCUT2D eigenvalue weighted by Crippen LogP contribution is 2.14. The van der Waals surface area contributed by atoms with Crippen LogP contribution in [0.5, 0.6) is 5.75 Å². The van der Waals surface area contributed by atoms with E-state index in [0.29, 0.717) is 18.7 Å². The Bertz CT molecular complexity index is 924. The molecule has 1 amide bonds. The van der Waals surface area contributed by atoms with Gasteiger partial charge in [0.1, 0.15) is 18.9 Å². The zero-order valence-electron chi connectivity index (χ0n) is 16.3. The monoisotopic (exact) mass is 389 g/mol. The first-order chi connectivity index (χ1) is 14.2. The molecule has 0 N–H and O–H groups in total. The van der Waals surface area contributed by atoms with Crippen LogP contribution in [0, 0.1) is 0 Å². The Balaban J connectivity index is 1.68. The molecule has 0 unspecified atom stereocenters. The summed E-state index contributed by atoms with van der Waals surface area (Å²) in [7, 11) is 1.31. The lowest BCUT2D eigenvalue weighted by molar-refractivity contribution is -0.141. The predicted octanol–water partition coefficient (Wildman–Crippen LogP) is 4.08. The first-order valence-electron chi connectivity index (χ1n) is 9.32. The van der Waals surface area contributed by atoms with Gasteiger partial charge in [0.25, 0.3) is 5.91 Å².